The summed E-state index contributed by atoms with van der Waals surface area (Å²) in [7, 11) is 3.12. The maximum atomic E-state index is 11.5. The average Bonchev–Trinajstić information content (AvgIpc) is 2.38. The Kier molecular flexibility index (Phi) is 5.86. The van der Waals surface area contributed by atoms with Gasteiger partial charge in [-0.3, -0.25) is 4.79 Å². The van der Waals surface area contributed by atoms with Gasteiger partial charge in [-0.05, 0) is 6.92 Å². The van der Waals surface area contributed by atoms with Crippen molar-refractivity contribution < 1.29 is 14.3 Å². The highest BCUT2D eigenvalue weighted by Gasteiger charge is 2.08. The van der Waals surface area contributed by atoms with Crippen molar-refractivity contribution in [3.05, 3.63) is 11.9 Å². The van der Waals surface area contributed by atoms with Crippen LogP contribution in [0.2, 0.25) is 0 Å². The number of amides is 1. The Bertz CT molecular complexity index is 398. The predicted octanol–water partition coefficient (Wildman–Crippen LogP) is -0.0319. The van der Waals surface area contributed by atoms with Gasteiger partial charge in [0.1, 0.15) is 12.1 Å². The number of ether oxygens (including phenoxy) is 2. The first-order valence-corrected chi connectivity index (χ1v) is 5.54. The molecule has 0 saturated heterocycles. The molecule has 0 aliphatic rings. The van der Waals surface area contributed by atoms with Crippen molar-refractivity contribution in [2.24, 2.45) is 0 Å². The number of anilines is 1. The number of hydrogen-bond donors (Lipinski definition) is 2. The quantitative estimate of drug-likeness (QED) is 0.665. The molecular weight excluding hydrogens is 236 g/mol. The fourth-order valence-corrected chi connectivity index (χ4v) is 1.34. The van der Waals surface area contributed by atoms with E-state index >= 15 is 0 Å². The van der Waals surface area contributed by atoms with Crippen molar-refractivity contribution in [1.29, 1.82) is 0 Å². The highest BCUT2D eigenvalue weighted by Crippen LogP contribution is 2.19. The maximum Gasteiger partial charge on any atom is 0.239 e. The van der Waals surface area contributed by atoms with Gasteiger partial charge >= 0.3 is 0 Å². The molecule has 0 aromatic carbocycles. The number of methoxy groups -OCH3 is 2. The fraction of sp³-hybridized carbons (Fsp3) is 0.545. The zero-order valence-corrected chi connectivity index (χ0v) is 10.8. The van der Waals surface area contributed by atoms with Crippen molar-refractivity contribution >= 4 is 11.7 Å². The Hall–Kier alpha value is -1.89. The minimum atomic E-state index is -0.121. The van der Waals surface area contributed by atoms with Crippen LogP contribution in [0.4, 0.5) is 5.82 Å². The third-order valence-electron chi connectivity index (χ3n) is 2.28. The second-order valence-electron chi connectivity index (χ2n) is 3.55. The summed E-state index contributed by atoms with van der Waals surface area (Å²) in [6.07, 6.45) is 1.39. The van der Waals surface area contributed by atoms with E-state index in [1.807, 2.05) is 6.92 Å². The summed E-state index contributed by atoms with van der Waals surface area (Å²) >= 11 is 0. The Morgan fingerprint density at radius 3 is 2.83 bits per heavy atom. The molecule has 7 heteroatoms. The molecule has 1 aromatic rings. The summed E-state index contributed by atoms with van der Waals surface area (Å²) in [5.41, 5.74) is 0.768. The molecule has 0 fully saturated rings. The Balaban J connectivity index is 2.46. The van der Waals surface area contributed by atoms with Crippen LogP contribution in [0.3, 0.4) is 0 Å². The number of nitrogens with zero attached hydrogens (tertiary/aromatic N) is 2. The van der Waals surface area contributed by atoms with Gasteiger partial charge in [-0.25, -0.2) is 9.97 Å². The number of nitrogens with one attached hydrogen (secondary N) is 2. The molecule has 1 amide bonds. The molecule has 0 unspecified atom stereocenters. The molecule has 18 heavy (non-hydrogen) atoms. The van der Waals surface area contributed by atoms with Crippen LogP contribution in [0.25, 0.3) is 0 Å². The van der Waals surface area contributed by atoms with Gasteiger partial charge in [0.25, 0.3) is 0 Å². The van der Waals surface area contributed by atoms with Crippen LogP contribution >= 0.6 is 0 Å². The van der Waals surface area contributed by atoms with Crippen LogP contribution in [0.5, 0.6) is 5.88 Å². The maximum absolute atomic E-state index is 11.5. The zero-order valence-electron chi connectivity index (χ0n) is 10.8. The first-order chi connectivity index (χ1) is 8.69. The van der Waals surface area contributed by atoms with Gasteiger partial charge in [-0.1, -0.05) is 0 Å². The number of hydrogen-bond acceptors (Lipinski definition) is 6. The van der Waals surface area contributed by atoms with Crippen molar-refractivity contribution in [3.63, 3.8) is 0 Å². The van der Waals surface area contributed by atoms with Crippen LogP contribution in [0.15, 0.2) is 6.33 Å². The van der Waals surface area contributed by atoms with Crippen molar-refractivity contribution in [1.82, 2.24) is 15.3 Å². The molecule has 0 aliphatic carbocycles. The molecule has 1 aromatic heterocycles. The van der Waals surface area contributed by atoms with Crippen molar-refractivity contribution in [2.45, 2.75) is 6.92 Å². The molecule has 0 saturated carbocycles. The van der Waals surface area contributed by atoms with Gasteiger partial charge in [-0.2, -0.15) is 0 Å². The number of carbonyl (C=O) groups is 1. The second-order valence-corrected chi connectivity index (χ2v) is 3.55. The van der Waals surface area contributed by atoms with Crippen LogP contribution in [-0.4, -0.2) is 49.8 Å². The van der Waals surface area contributed by atoms with E-state index in [2.05, 4.69) is 20.6 Å². The van der Waals surface area contributed by atoms with Crippen molar-refractivity contribution in [3.8, 4) is 5.88 Å². The highest BCUT2D eigenvalue weighted by molar-refractivity contribution is 5.80. The SMILES string of the molecule is COCCNC(=O)CNc1ncnc(OC)c1C. The number of aromatic nitrogens is 2. The van der Waals surface area contributed by atoms with E-state index in [9.17, 15) is 4.79 Å². The molecule has 7 nitrogen and oxygen atoms in total. The Morgan fingerprint density at radius 2 is 2.17 bits per heavy atom. The molecule has 0 spiro atoms. The monoisotopic (exact) mass is 254 g/mol. The first kappa shape index (κ1) is 14.2. The van der Waals surface area contributed by atoms with E-state index < -0.39 is 0 Å². The van der Waals surface area contributed by atoms with Crippen LogP contribution in [0, 0.1) is 6.92 Å². The third-order valence-corrected chi connectivity index (χ3v) is 2.28. The van der Waals surface area contributed by atoms with Crippen LogP contribution in [-0.2, 0) is 9.53 Å². The summed E-state index contributed by atoms with van der Waals surface area (Å²) in [6.45, 7) is 2.95. The summed E-state index contributed by atoms with van der Waals surface area (Å²) in [6, 6.07) is 0. The predicted molar refractivity (Wildman–Crippen MR) is 66.7 cm³/mol. The highest BCUT2D eigenvalue weighted by atomic mass is 16.5. The van der Waals surface area contributed by atoms with Gasteiger partial charge < -0.3 is 20.1 Å². The molecule has 0 radical (unpaired) electrons. The second kappa shape index (κ2) is 7.44. The van der Waals surface area contributed by atoms with E-state index in [4.69, 9.17) is 9.47 Å². The van der Waals surface area contributed by atoms with E-state index in [-0.39, 0.29) is 12.5 Å². The summed E-state index contributed by atoms with van der Waals surface area (Å²) < 4.78 is 9.90. The molecule has 0 bridgehead atoms. The molecule has 0 aliphatic heterocycles. The van der Waals surface area contributed by atoms with Crippen molar-refractivity contribution in [2.75, 3.05) is 39.2 Å². The lowest BCUT2D eigenvalue weighted by atomic mass is 10.3. The molecule has 2 N–H and O–H groups in total. The van der Waals surface area contributed by atoms with E-state index in [1.165, 1.54) is 13.4 Å². The summed E-state index contributed by atoms with van der Waals surface area (Å²) in [5.74, 6) is 0.958. The molecule has 1 heterocycles. The largest absolute Gasteiger partial charge is 0.481 e. The third kappa shape index (κ3) is 4.17. The molecule has 1 rings (SSSR count). The topological polar surface area (TPSA) is 85.4 Å². The minimum absolute atomic E-state index is 0.121. The van der Waals surface area contributed by atoms with Gasteiger partial charge in [-0.15, -0.1) is 0 Å². The van der Waals surface area contributed by atoms with Crippen LogP contribution in [0.1, 0.15) is 5.56 Å². The Morgan fingerprint density at radius 1 is 1.39 bits per heavy atom. The zero-order chi connectivity index (χ0) is 13.4. The lowest BCUT2D eigenvalue weighted by Crippen LogP contribution is -2.32. The smallest absolute Gasteiger partial charge is 0.239 e. The standard InChI is InChI=1S/C11H18N4O3/c1-8-10(14-7-15-11(8)18-3)13-6-9(16)12-4-5-17-2/h7H,4-6H2,1-3H3,(H,12,16)(H,13,14,15). The average molecular weight is 254 g/mol. The van der Waals surface area contributed by atoms with Gasteiger partial charge in [0, 0.05) is 13.7 Å². The van der Waals surface area contributed by atoms with Gasteiger partial charge in [0.2, 0.25) is 11.8 Å². The van der Waals surface area contributed by atoms with E-state index in [1.54, 1.807) is 7.11 Å². The molecule has 100 valence electrons. The molecule has 0 atom stereocenters. The number of rotatable bonds is 7. The fourth-order valence-electron chi connectivity index (χ4n) is 1.34. The van der Waals surface area contributed by atoms with Gasteiger partial charge in [0.15, 0.2) is 0 Å². The first-order valence-electron chi connectivity index (χ1n) is 5.54. The lowest BCUT2D eigenvalue weighted by molar-refractivity contribution is -0.119. The summed E-state index contributed by atoms with van der Waals surface area (Å²) in [4.78, 5) is 19.5. The van der Waals surface area contributed by atoms with Crippen LogP contribution < -0.4 is 15.4 Å². The van der Waals surface area contributed by atoms with E-state index in [0.29, 0.717) is 24.8 Å². The lowest BCUT2D eigenvalue weighted by Gasteiger charge is -2.10. The minimum Gasteiger partial charge on any atom is -0.481 e. The summed E-state index contributed by atoms with van der Waals surface area (Å²) in [5, 5.41) is 5.63. The Labute approximate surface area is 106 Å². The van der Waals surface area contributed by atoms with E-state index in [0.717, 1.165) is 5.56 Å². The van der Waals surface area contributed by atoms with Gasteiger partial charge in [0.05, 0.1) is 25.8 Å². The normalized spacial score (nSPS) is 9.94. The molecular formula is C11H18N4O3. The number of carbonyl (C=O) groups excluding carboxylic acids is 1.